The first-order valence-corrected chi connectivity index (χ1v) is 8.15. The van der Waals surface area contributed by atoms with Gasteiger partial charge in [0.15, 0.2) is 12.0 Å². The molecule has 1 heterocycles. The molecule has 0 aromatic heterocycles. The summed E-state index contributed by atoms with van der Waals surface area (Å²) in [4.78, 5) is 26.5. The van der Waals surface area contributed by atoms with Crippen molar-refractivity contribution in [3.8, 4) is 0 Å². The number of rotatable bonds is 5. The van der Waals surface area contributed by atoms with Crippen molar-refractivity contribution < 1.29 is 19.1 Å². The zero-order valence-corrected chi connectivity index (χ0v) is 14.5. The molecule has 1 amide bonds. The maximum absolute atomic E-state index is 12.7. The number of hydrogen-bond acceptors (Lipinski definition) is 4. The van der Waals surface area contributed by atoms with E-state index >= 15 is 0 Å². The van der Waals surface area contributed by atoms with Gasteiger partial charge in [0, 0.05) is 6.42 Å². The van der Waals surface area contributed by atoms with Crippen molar-refractivity contribution in [3.05, 3.63) is 48.6 Å². The lowest BCUT2D eigenvalue weighted by molar-refractivity contribution is -0.134. The van der Waals surface area contributed by atoms with Crippen molar-refractivity contribution in [1.82, 2.24) is 4.90 Å². The summed E-state index contributed by atoms with van der Waals surface area (Å²) < 4.78 is 11.2. The second kappa shape index (κ2) is 7.62. The van der Waals surface area contributed by atoms with Gasteiger partial charge in [0.05, 0.1) is 12.6 Å². The van der Waals surface area contributed by atoms with Crippen LogP contribution in [0.2, 0.25) is 0 Å². The van der Waals surface area contributed by atoms with Crippen molar-refractivity contribution >= 4 is 11.9 Å². The lowest BCUT2D eigenvalue weighted by Crippen LogP contribution is -2.45. The molecule has 1 fully saturated rings. The van der Waals surface area contributed by atoms with Crippen molar-refractivity contribution in [2.45, 2.75) is 51.5 Å². The number of ketones is 1. The van der Waals surface area contributed by atoms with E-state index in [2.05, 4.69) is 6.58 Å². The highest BCUT2D eigenvalue weighted by Crippen LogP contribution is 2.32. The predicted octanol–water partition coefficient (Wildman–Crippen LogP) is 3.86. The summed E-state index contributed by atoms with van der Waals surface area (Å²) in [7, 11) is 0. The Hall–Kier alpha value is -2.14. The normalized spacial score (nSPS) is 20.7. The third kappa shape index (κ3) is 4.45. The Morgan fingerprint density at radius 3 is 2.58 bits per heavy atom. The number of benzene rings is 1. The summed E-state index contributed by atoms with van der Waals surface area (Å²) in [6.45, 7) is 9.30. The zero-order valence-electron chi connectivity index (χ0n) is 14.5. The lowest BCUT2D eigenvalue weighted by atomic mass is 10.1. The molecule has 5 heteroatoms. The van der Waals surface area contributed by atoms with Crippen molar-refractivity contribution in [1.29, 1.82) is 0 Å². The summed E-state index contributed by atoms with van der Waals surface area (Å²) in [5.74, 6) is -0.140. The SMILES string of the molecule is C=CCCC(=O)[C@H]1OC[C@@H](c2ccccc2)N1C(=O)OC(C)(C)C. The summed E-state index contributed by atoms with van der Waals surface area (Å²) >= 11 is 0. The van der Waals surface area contributed by atoms with Crippen LogP contribution in [0.3, 0.4) is 0 Å². The molecular weight excluding hydrogens is 306 g/mol. The van der Waals surface area contributed by atoms with Crippen LogP contribution in [-0.2, 0) is 14.3 Å². The summed E-state index contributed by atoms with van der Waals surface area (Å²) in [5, 5.41) is 0. The minimum absolute atomic E-state index is 0.140. The Morgan fingerprint density at radius 2 is 2.00 bits per heavy atom. The fourth-order valence-corrected chi connectivity index (χ4v) is 2.59. The van der Waals surface area contributed by atoms with Crippen LogP contribution in [0.5, 0.6) is 0 Å². The Balaban J connectivity index is 2.26. The smallest absolute Gasteiger partial charge is 0.413 e. The average Bonchev–Trinajstić information content (AvgIpc) is 2.97. The minimum atomic E-state index is -0.912. The van der Waals surface area contributed by atoms with Crippen molar-refractivity contribution in [2.75, 3.05) is 6.61 Å². The highest BCUT2D eigenvalue weighted by molar-refractivity contribution is 5.87. The van der Waals surface area contributed by atoms with Crippen LogP contribution in [-0.4, -0.2) is 35.2 Å². The second-order valence-electron chi connectivity index (χ2n) is 6.79. The van der Waals surface area contributed by atoms with E-state index in [1.807, 2.05) is 30.3 Å². The molecule has 0 radical (unpaired) electrons. The molecule has 0 N–H and O–H groups in total. The fourth-order valence-electron chi connectivity index (χ4n) is 2.59. The number of amides is 1. The van der Waals surface area contributed by atoms with Gasteiger partial charge < -0.3 is 9.47 Å². The minimum Gasteiger partial charge on any atom is -0.444 e. The quantitative estimate of drug-likeness (QED) is 0.769. The highest BCUT2D eigenvalue weighted by Gasteiger charge is 2.44. The van der Waals surface area contributed by atoms with Gasteiger partial charge in [-0.1, -0.05) is 36.4 Å². The molecule has 2 atom stereocenters. The van der Waals surface area contributed by atoms with Gasteiger partial charge in [-0.15, -0.1) is 6.58 Å². The Labute approximate surface area is 143 Å². The molecule has 1 aromatic rings. The molecule has 1 aromatic carbocycles. The number of carbonyl (C=O) groups excluding carboxylic acids is 2. The van der Waals surface area contributed by atoms with Crippen LogP contribution in [0.15, 0.2) is 43.0 Å². The Bertz CT molecular complexity index is 591. The molecule has 1 aliphatic heterocycles. The van der Waals surface area contributed by atoms with Crippen LogP contribution in [0.4, 0.5) is 4.79 Å². The summed E-state index contributed by atoms with van der Waals surface area (Å²) in [5.41, 5.74) is 0.276. The number of carbonyl (C=O) groups is 2. The van der Waals surface area contributed by atoms with E-state index < -0.39 is 17.9 Å². The first-order valence-electron chi connectivity index (χ1n) is 8.15. The van der Waals surface area contributed by atoms with E-state index in [0.717, 1.165) is 5.56 Å². The number of allylic oxidation sites excluding steroid dienone is 1. The number of hydrogen-bond donors (Lipinski definition) is 0. The van der Waals surface area contributed by atoms with Crippen LogP contribution in [0.25, 0.3) is 0 Å². The molecule has 0 unspecified atom stereocenters. The largest absolute Gasteiger partial charge is 0.444 e. The van der Waals surface area contributed by atoms with Gasteiger partial charge in [-0.25, -0.2) is 4.79 Å². The maximum atomic E-state index is 12.7. The number of Topliss-reactive ketones (excluding diaryl/α,β-unsaturated/α-hetero) is 1. The van der Waals surface area contributed by atoms with Gasteiger partial charge in [-0.3, -0.25) is 9.69 Å². The third-order valence-corrected chi connectivity index (χ3v) is 3.66. The molecular formula is C19H25NO4. The molecule has 1 saturated heterocycles. The van der Waals surface area contributed by atoms with Gasteiger partial charge in [-0.2, -0.15) is 0 Å². The molecule has 0 aliphatic carbocycles. The van der Waals surface area contributed by atoms with Gasteiger partial charge in [0.2, 0.25) is 0 Å². The third-order valence-electron chi connectivity index (χ3n) is 3.66. The molecule has 24 heavy (non-hydrogen) atoms. The van der Waals surface area contributed by atoms with E-state index in [1.54, 1.807) is 26.8 Å². The van der Waals surface area contributed by atoms with E-state index in [-0.39, 0.29) is 24.9 Å². The second-order valence-corrected chi connectivity index (χ2v) is 6.79. The zero-order chi connectivity index (χ0) is 17.7. The molecule has 0 bridgehead atoms. The predicted molar refractivity (Wildman–Crippen MR) is 91.4 cm³/mol. The Kier molecular flexibility index (Phi) is 5.78. The monoisotopic (exact) mass is 331 g/mol. The standard InChI is InChI=1S/C19H25NO4/c1-5-6-12-16(21)17-20(18(22)24-19(2,3)4)15(13-23-17)14-10-8-7-9-11-14/h5,7-11,15,17H,1,6,12-13H2,2-4H3/t15-,17+/m0/s1. The van der Waals surface area contributed by atoms with Crippen LogP contribution < -0.4 is 0 Å². The van der Waals surface area contributed by atoms with E-state index in [4.69, 9.17) is 9.47 Å². The molecule has 130 valence electrons. The Morgan fingerprint density at radius 1 is 1.33 bits per heavy atom. The van der Waals surface area contributed by atoms with Gasteiger partial charge in [0.25, 0.3) is 0 Å². The first kappa shape index (κ1) is 18.2. The van der Waals surface area contributed by atoms with E-state index in [1.165, 1.54) is 4.90 Å². The first-order chi connectivity index (χ1) is 11.3. The maximum Gasteiger partial charge on any atom is 0.413 e. The van der Waals surface area contributed by atoms with Crippen LogP contribution in [0.1, 0.15) is 45.2 Å². The van der Waals surface area contributed by atoms with Gasteiger partial charge >= 0.3 is 6.09 Å². The fraction of sp³-hybridized carbons (Fsp3) is 0.474. The topological polar surface area (TPSA) is 55.8 Å². The summed E-state index contributed by atoms with van der Waals surface area (Å²) in [6.07, 6.45) is 1.07. The molecule has 5 nitrogen and oxygen atoms in total. The molecule has 1 aliphatic rings. The highest BCUT2D eigenvalue weighted by atomic mass is 16.6. The lowest BCUT2D eigenvalue weighted by Gasteiger charge is -2.30. The van der Waals surface area contributed by atoms with Crippen LogP contribution in [0, 0.1) is 0 Å². The van der Waals surface area contributed by atoms with Crippen molar-refractivity contribution in [3.63, 3.8) is 0 Å². The summed E-state index contributed by atoms with van der Waals surface area (Å²) in [6, 6.07) is 9.21. The van der Waals surface area contributed by atoms with Crippen LogP contribution >= 0.6 is 0 Å². The molecule has 0 saturated carbocycles. The average molecular weight is 331 g/mol. The van der Waals surface area contributed by atoms with E-state index in [0.29, 0.717) is 6.42 Å². The van der Waals surface area contributed by atoms with Gasteiger partial charge in [-0.05, 0) is 32.8 Å². The number of ether oxygens (including phenoxy) is 2. The van der Waals surface area contributed by atoms with Gasteiger partial charge in [0.1, 0.15) is 5.60 Å². The van der Waals surface area contributed by atoms with E-state index in [9.17, 15) is 9.59 Å². The van der Waals surface area contributed by atoms with Crippen molar-refractivity contribution in [2.24, 2.45) is 0 Å². The molecule has 2 rings (SSSR count). The molecule has 0 spiro atoms. The number of nitrogens with zero attached hydrogens (tertiary/aromatic N) is 1.